The van der Waals surface area contributed by atoms with Crippen LogP contribution in [0.1, 0.15) is 47.2 Å². The highest BCUT2D eigenvalue weighted by Crippen LogP contribution is 2.25. The molecule has 0 amide bonds. The van der Waals surface area contributed by atoms with Gasteiger partial charge in [0.15, 0.2) is 0 Å². The minimum absolute atomic E-state index is 0.371. The quantitative estimate of drug-likeness (QED) is 0.242. The third kappa shape index (κ3) is 6.42. The van der Waals surface area contributed by atoms with E-state index >= 15 is 0 Å². The SMILES string of the molecule is C=C(Nc1ccc(Cc2ccccc2)nc1)C(=N)c1cc(-c2cncc(CN3CCCCC3)c2)ccc1C. The van der Waals surface area contributed by atoms with Crippen molar-refractivity contribution in [2.24, 2.45) is 0 Å². The molecule has 1 aliphatic rings. The number of hydrogen-bond acceptors (Lipinski definition) is 5. The molecular weight excluding hydrogens is 466 g/mol. The molecule has 38 heavy (non-hydrogen) atoms. The standard InChI is InChI=1S/C33H35N5/c1-24-11-12-28(29-17-27(20-35-21-29)23-38-15-7-4-8-16-38)19-32(24)33(34)25(2)37-31-14-13-30(36-22-31)18-26-9-5-3-6-10-26/h3,5-6,9-14,17,19-22,34,37H,2,4,7-8,15-16,18,23H2,1H3. The van der Waals surface area contributed by atoms with Gasteiger partial charge in [0.1, 0.15) is 0 Å². The molecule has 4 aromatic rings. The number of allylic oxidation sites excluding steroid dienone is 1. The van der Waals surface area contributed by atoms with Gasteiger partial charge in [0, 0.05) is 42.2 Å². The molecule has 5 rings (SSSR count). The predicted molar refractivity (Wildman–Crippen MR) is 157 cm³/mol. The van der Waals surface area contributed by atoms with E-state index in [1.165, 1.54) is 30.4 Å². The number of anilines is 1. The molecule has 1 aliphatic heterocycles. The summed E-state index contributed by atoms with van der Waals surface area (Å²) in [5.41, 5.74) is 9.22. The van der Waals surface area contributed by atoms with E-state index in [2.05, 4.69) is 63.2 Å². The van der Waals surface area contributed by atoms with Crippen molar-refractivity contribution < 1.29 is 0 Å². The van der Waals surface area contributed by atoms with Crippen molar-refractivity contribution >= 4 is 11.4 Å². The summed E-state index contributed by atoms with van der Waals surface area (Å²) in [4.78, 5) is 11.6. The lowest BCUT2D eigenvalue weighted by atomic mass is 9.96. The largest absolute Gasteiger partial charge is 0.353 e. The summed E-state index contributed by atoms with van der Waals surface area (Å²) in [6.45, 7) is 9.46. The van der Waals surface area contributed by atoms with Crippen molar-refractivity contribution in [3.05, 3.63) is 126 Å². The third-order valence-corrected chi connectivity index (χ3v) is 7.14. The van der Waals surface area contributed by atoms with Crippen molar-refractivity contribution in [2.45, 2.75) is 39.2 Å². The predicted octanol–water partition coefficient (Wildman–Crippen LogP) is 7.02. The number of nitrogens with zero attached hydrogens (tertiary/aromatic N) is 3. The molecule has 0 radical (unpaired) electrons. The molecule has 2 N–H and O–H groups in total. The van der Waals surface area contributed by atoms with E-state index in [4.69, 9.17) is 5.41 Å². The lowest BCUT2D eigenvalue weighted by Crippen LogP contribution is -2.29. The van der Waals surface area contributed by atoms with Gasteiger partial charge < -0.3 is 5.32 Å². The minimum Gasteiger partial charge on any atom is -0.353 e. The second-order valence-electron chi connectivity index (χ2n) is 10.1. The summed E-state index contributed by atoms with van der Waals surface area (Å²) in [6.07, 6.45) is 10.4. The average Bonchev–Trinajstić information content (AvgIpc) is 2.95. The molecule has 0 unspecified atom stereocenters. The molecular formula is C33H35N5. The van der Waals surface area contributed by atoms with Gasteiger partial charge in [-0.15, -0.1) is 0 Å². The van der Waals surface area contributed by atoms with E-state index in [1.807, 2.05) is 49.6 Å². The number of rotatable bonds is 9. The third-order valence-electron chi connectivity index (χ3n) is 7.14. The number of piperidine rings is 1. The van der Waals surface area contributed by atoms with Crippen LogP contribution in [0.3, 0.4) is 0 Å². The summed E-state index contributed by atoms with van der Waals surface area (Å²) >= 11 is 0. The molecule has 0 atom stereocenters. The van der Waals surface area contributed by atoms with E-state index in [-0.39, 0.29) is 0 Å². The van der Waals surface area contributed by atoms with Crippen molar-refractivity contribution in [1.29, 1.82) is 5.41 Å². The molecule has 1 saturated heterocycles. The van der Waals surface area contributed by atoms with Gasteiger partial charge in [0.2, 0.25) is 0 Å². The first-order valence-corrected chi connectivity index (χ1v) is 13.4. The van der Waals surface area contributed by atoms with Crippen LogP contribution >= 0.6 is 0 Å². The van der Waals surface area contributed by atoms with Gasteiger partial charge in [0.25, 0.3) is 0 Å². The Bertz CT molecular complexity index is 1400. The fourth-order valence-corrected chi connectivity index (χ4v) is 4.99. The molecule has 2 aromatic heterocycles. The molecule has 192 valence electrons. The maximum Gasteiger partial charge on any atom is 0.0843 e. The van der Waals surface area contributed by atoms with Crippen LogP contribution in [0.25, 0.3) is 11.1 Å². The number of benzene rings is 2. The van der Waals surface area contributed by atoms with E-state index in [1.54, 1.807) is 6.20 Å². The normalized spacial score (nSPS) is 13.7. The second kappa shape index (κ2) is 12.0. The first-order chi connectivity index (χ1) is 18.5. The van der Waals surface area contributed by atoms with Gasteiger partial charge in [-0.25, -0.2) is 0 Å². The molecule has 1 fully saturated rings. The first-order valence-electron chi connectivity index (χ1n) is 13.4. The molecule has 5 nitrogen and oxygen atoms in total. The first kappa shape index (κ1) is 25.6. The fourth-order valence-electron chi connectivity index (χ4n) is 4.99. The Kier molecular flexibility index (Phi) is 8.05. The van der Waals surface area contributed by atoms with E-state index in [0.717, 1.165) is 59.7 Å². The Morgan fingerprint density at radius 3 is 2.47 bits per heavy atom. The van der Waals surface area contributed by atoms with Crippen molar-refractivity contribution in [3.8, 4) is 11.1 Å². The maximum atomic E-state index is 8.88. The number of aryl methyl sites for hydroxylation is 1. The van der Waals surface area contributed by atoms with Crippen LogP contribution in [0.2, 0.25) is 0 Å². The smallest absolute Gasteiger partial charge is 0.0843 e. The molecule has 0 saturated carbocycles. The summed E-state index contributed by atoms with van der Waals surface area (Å²) in [5, 5.41) is 12.2. The van der Waals surface area contributed by atoms with E-state index < -0.39 is 0 Å². The average molecular weight is 502 g/mol. The Labute approximate surface area is 225 Å². The fraction of sp³-hybridized carbons (Fsp3) is 0.242. The molecule has 0 bridgehead atoms. The highest BCUT2D eigenvalue weighted by molar-refractivity contribution is 6.13. The van der Waals surface area contributed by atoms with Crippen LogP contribution in [-0.4, -0.2) is 33.7 Å². The van der Waals surface area contributed by atoms with E-state index in [9.17, 15) is 0 Å². The van der Waals surface area contributed by atoms with E-state index in [0.29, 0.717) is 11.4 Å². The van der Waals surface area contributed by atoms with Gasteiger partial charge in [-0.1, -0.05) is 55.5 Å². The van der Waals surface area contributed by atoms with Crippen LogP contribution < -0.4 is 5.32 Å². The lowest BCUT2D eigenvalue weighted by molar-refractivity contribution is 0.220. The van der Waals surface area contributed by atoms with Gasteiger partial charge in [-0.3, -0.25) is 20.3 Å². The molecule has 0 aliphatic carbocycles. The van der Waals surface area contributed by atoms with Crippen LogP contribution in [0.15, 0.2) is 97.6 Å². The van der Waals surface area contributed by atoms with Gasteiger partial charge >= 0.3 is 0 Å². The summed E-state index contributed by atoms with van der Waals surface area (Å²) in [7, 11) is 0. The van der Waals surface area contributed by atoms with Crippen molar-refractivity contribution in [3.63, 3.8) is 0 Å². The Balaban J connectivity index is 1.27. The van der Waals surface area contributed by atoms with Crippen LogP contribution in [0.5, 0.6) is 0 Å². The van der Waals surface area contributed by atoms with Crippen LogP contribution in [0, 0.1) is 12.3 Å². The molecule has 2 aromatic carbocycles. The summed E-state index contributed by atoms with van der Waals surface area (Å²) in [6, 6.07) is 22.8. The maximum absolute atomic E-state index is 8.88. The zero-order valence-electron chi connectivity index (χ0n) is 22.1. The number of likely N-dealkylation sites (tertiary alicyclic amines) is 1. The number of nitrogens with one attached hydrogen (secondary N) is 2. The van der Waals surface area contributed by atoms with Gasteiger partial charge in [0.05, 0.1) is 23.3 Å². The van der Waals surface area contributed by atoms with Crippen molar-refractivity contribution in [2.75, 3.05) is 18.4 Å². The highest BCUT2D eigenvalue weighted by atomic mass is 15.1. The zero-order chi connectivity index (χ0) is 26.3. The number of hydrogen-bond donors (Lipinski definition) is 2. The Morgan fingerprint density at radius 1 is 0.895 bits per heavy atom. The zero-order valence-corrected chi connectivity index (χ0v) is 22.1. The lowest BCUT2D eigenvalue weighted by Gasteiger charge is -2.26. The highest BCUT2D eigenvalue weighted by Gasteiger charge is 2.14. The van der Waals surface area contributed by atoms with Gasteiger partial charge in [-0.05, 0) is 79.4 Å². The Morgan fingerprint density at radius 2 is 1.71 bits per heavy atom. The molecule has 0 spiro atoms. The number of aromatic nitrogens is 2. The Hall–Kier alpha value is -4.09. The topological polar surface area (TPSA) is 64.9 Å². The summed E-state index contributed by atoms with van der Waals surface area (Å²) in [5.74, 6) is 0. The van der Waals surface area contributed by atoms with Crippen LogP contribution in [-0.2, 0) is 13.0 Å². The van der Waals surface area contributed by atoms with Gasteiger partial charge in [-0.2, -0.15) is 0 Å². The number of pyridine rings is 2. The minimum atomic E-state index is 0.371. The summed E-state index contributed by atoms with van der Waals surface area (Å²) < 4.78 is 0. The molecule has 3 heterocycles. The second-order valence-corrected chi connectivity index (χ2v) is 10.1. The van der Waals surface area contributed by atoms with Crippen molar-refractivity contribution in [1.82, 2.24) is 14.9 Å². The monoisotopic (exact) mass is 501 g/mol. The molecule has 5 heteroatoms. The van der Waals surface area contributed by atoms with Crippen LogP contribution in [0.4, 0.5) is 5.69 Å².